The normalized spacial score (nSPS) is 20.6. The molecule has 0 aromatic heterocycles. The first-order valence-corrected chi connectivity index (χ1v) is 6.22. The van der Waals surface area contributed by atoms with E-state index in [1.807, 2.05) is 12.1 Å². The Bertz CT molecular complexity index is 338. The summed E-state index contributed by atoms with van der Waals surface area (Å²) in [5.74, 6) is 0.618. The van der Waals surface area contributed by atoms with E-state index >= 15 is 0 Å². The molecule has 2 rings (SSSR count). The van der Waals surface area contributed by atoms with Crippen molar-refractivity contribution in [3.63, 3.8) is 0 Å². The summed E-state index contributed by atoms with van der Waals surface area (Å²) in [6, 6.07) is 10.5. The molecule has 0 spiro atoms. The maximum Gasteiger partial charge on any atom is 0.0472 e. The molecular formula is C15H21N. The summed E-state index contributed by atoms with van der Waals surface area (Å²) in [4.78, 5) is 0. The van der Waals surface area contributed by atoms with E-state index in [4.69, 9.17) is 5.73 Å². The SMILES string of the molecule is C=CCC(N)(c1ccccc1)C1CCCC1. The van der Waals surface area contributed by atoms with Gasteiger partial charge in [-0.15, -0.1) is 6.58 Å². The minimum Gasteiger partial charge on any atom is -0.321 e. The topological polar surface area (TPSA) is 26.0 Å². The highest BCUT2D eigenvalue weighted by atomic mass is 14.8. The van der Waals surface area contributed by atoms with E-state index < -0.39 is 0 Å². The zero-order chi connectivity index (χ0) is 11.4. The van der Waals surface area contributed by atoms with Gasteiger partial charge >= 0.3 is 0 Å². The van der Waals surface area contributed by atoms with Crippen LogP contribution in [0.1, 0.15) is 37.7 Å². The smallest absolute Gasteiger partial charge is 0.0472 e. The van der Waals surface area contributed by atoms with Crippen molar-refractivity contribution < 1.29 is 0 Å². The number of hydrogen-bond donors (Lipinski definition) is 1. The average molecular weight is 215 g/mol. The molecule has 1 saturated carbocycles. The summed E-state index contributed by atoms with van der Waals surface area (Å²) in [6.45, 7) is 3.86. The average Bonchev–Trinajstić information content (AvgIpc) is 2.84. The highest BCUT2D eigenvalue weighted by Crippen LogP contribution is 2.40. The van der Waals surface area contributed by atoms with E-state index in [1.165, 1.54) is 31.2 Å². The molecule has 1 heteroatoms. The fraction of sp³-hybridized carbons (Fsp3) is 0.467. The molecule has 1 aromatic carbocycles. The van der Waals surface area contributed by atoms with E-state index in [0.717, 1.165) is 6.42 Å². The van der Waals surface area contributed by atoms with Crippen molar-refractivity contribution in [3.8, 4) is 0 Å². The van der Waals surface area contributed by atoms with Crippen molar-refractivity contribution >= 4 is 0 Å². The van der Waals surface area contributed by atoms with Gasteiger partial charge < -0.3 is 5.73 Å². The van der Waals surface area contributed by atoms with E-state index in [1.54, 1.807) is 0 Å². The Morgan fingerprint density at radius 1 is 1.25 bits per heavy atom. The molecule has 0 heterocycles. The zero-order valence-corrected chi connectivity index (χ0v) is 9.86. The van der Waals surface area contributed by atoms with Crippen LogP contribution in [0.15, 0.2) is 43.0 Å². The summed E-state index contributed by atoms with van der Waals surface area (Å²) >= 11 is 0. The molecule has 16 heavy (non-hydrogen) atoms. The van der Waals surface area contributed by atoms with Gasteiger partial charge in [0, 0.05) is 5.54 Å². The Balaban J connectivity index is 2.30. The lowest BCUT2D eigenvalue weighted by atomic mass is 9.75. The number of benzene rings is 1. The Labute approximate surface area is 98.4 Å². The third-order valence-corrected chi connectivity index (χ3v) is 3.88. The Kier molecular flexibility index (Phi) is 3.45. The van der Waals surface area contributed by atoms with Crippen molar-refractivity contribution in [1.29, 1.82) is 0 Å². The zero-order valence-electron chi connectivity index (χ0n) is 9.86. The largest absolute Gasteiger partial charge is 0.321 e. The molecule has 1 atom stereocenters. The molecule has 0 amide bonds. The van der Waals surface area contributed by atoms with Gasteiger partial charge in [-0.05, 0) is 30.7 Å². The molecular weight excluding hydrogens is 194 g/mol. The first kappa shape index (κ1) is 11.4. The molecule has 1 aliphatic rings. The van der Waals surface area contributed by atoms with Crippen LogP contribution in [-0.2, 0) is 5.54 Å². The predicted octanol–water partition coefficient (Wildman–Crippen LogP) is 3.61. The highest BCUT2D eigenvalue weighted by Gasteiger charge is 2.36. The quantitative estimate of drug-likeness (QED) is 0.763. The van der Waals surface area contributed by atoms with Crippen LogP contribution < -0.4 is 5.73 Å². The second kappa shape index (κ2) is 4.84. The van der Waals surface area contributed by atoms with Gasteiger partial charge in [0.15, 0.2) is 0 Å². The van der Waals surface area contributed by atoms with Crippen LogP contribution in [0.25, 0.3) is 0 Å². The van der Waals surface area contributed by atoms with E-state index in [9.17, 15) is 0 Å². The third-order valence-electron chi connectivity index (χ3n) is 3.88. The Morgan fingerprint density at radius 2 is 1.88 bits per heavy atom. The van der Waals surface area contributed by atoms with Crippen molar-refractivity contribution in [3.05, 3.63) is 48.6 Å². The van der Waals surface area contributed by atoms with Crippen molar-refractivity contribution in [2.75, 3.05) is 0 Å². The molecule has 1 aliphatic carbocycles. The summed E-state index contributed by atoms with van der Waals surface area (Å²) in [7, 11) is 0. The number of nitrogens with two attached hydrogens (primary N) is 1. The lowest BCUT2D eigenvalue weighted by molar-refractivity contribution is 0.281. The predicted molar refractivity (Wildman–Crippen MR) is 69.1 cm³/mol. The second-order valence-electron chi connectivity index (χ2n) is 4.88. The highest BCUT2D eigenvalue weighted by molar-refractivity contribution is 5.26. The maximum atomic E-state index is 6.66. The summed E-state index contributed by atoms with van der Waals surface area (Å²) in [5, 5.41) is 0. The van der Waals surface area contributed by atoms with E-state index in [0.29, 0.717) is 5.92 Å². The summed E-state index contributed by atoms with van der Waals surface area (Å²) < 4.78 is 0. The maximum absolute atomic E-state index is 6.66. The van der Waals surface area contributed by atoms with E-state index in [-0.39, 0.29) is 5.54 Å². The minimum absolute atomic E-state index is 0.195. The fourth-order valence-electron chi connectivity index (χ4n) is 2.95. The van der Waals surface area contributed by atoms with Crippen LogP contribution in [0.3, 0.4) is 0 Å². The molecule has 0 radical (unpaired) electrons. The molecule has 1 fully saturated rings. The Hall–Kier alpha value is -1.08. The fourth-order valence-corrected chi connectivity index (χ4v) is 2.95. The summed E-state index contributed by atoms with van der Waals surface area (Å²) in [6.07, 6.45) is 8.02. The second-order valence-corrected chi connectivity index (χ2v) is 4.88. The van der Waals surface area contributed by atoms with Gasteiger partial charge in [0.25, 0.3) is 0 Å². The first-order chi connectivity index (χ1) is 7.77. The molecule has 86 valence electrons. The molecule has 1 unspecified atom stereocenters. The lowest BCUT2D eigenvalue weighted by Gasteiger charge is -2.35. The molecule has 0 saturated heterocycles. The molecule has 0 bridgehead atoms. The first-order valence-electron chi connectivity index (χ1n) is 6.22. The van der Waals surface area contributed by atoms with Gasteiger partial charge in [0.1, 0.15) is 0 Å². The summed E-state index contributed by atoms with van der Waals surface area (Å²) in [5.41, 5.74) is 7.73. The van der Waals surface area contributed by atoms with Gasteiger partial charge in [-0.2, -0.15) is 0 Å². The van der Waals surface area contributed by atoms with Crippen LogP contribution in [0.5, 0.6) is 0 Å². The third kappa shape index (κ3) is 2.05. The van der Waals surface area contributed by atoms with Gasteiger partial charge in [-0.25, -0.2) is 0 Å². The van der Waals surface area contributed by atoms with Crippen LogP contribution in [-0.4, -0.2) is 0 Å². The number of rotatable bonds is 4. The van der Waals surface area contributed by atoms with Crippen LogP contribution in [0.4, 0.5) is 0 Å². The van der Waals surface area contributed by atoms with Crippen LogP contribution >= 0.6 is 0 Å². The van der Waals surface area contributed by atoms with Gasteiger partial charge in [0.05, 0.1) is 0 Å². The van der Waals surface area contributed by atoms with Crippen LogP contribution in [0.2, 0.25) is 0 Å². The van der Waals surface area contributed by atoms with Crippen LogP contribution in [0, 0.1) is 5.92 Å². The standard InChI is InChI=1S/C15H21N/c1-2-12-15(16,14-10-6-7-11-14)13-8-4-3-5-9-13/h2-5,8-9,14H,1,6-7,10-12,16H2. The lowest BCUT2D eigenvalue weighted by Crippen LogP contribution is -2.42. The van der Waals surface area contributed by atoms with Gasteiger partial charge in [0.2, 0.25) is 0 Å². The number of hydrogen-bond acceptors (Lipinski definition) is 1. The van der Waals surface area contributed by atoms with Gasteiger partial charge in [-0.3, -0.25) is 0 Å². The monoisotopic (exact) mass is 215 g/mol. The van der Waals surface area contributed by atoms with E-state index in [2.05, 4.69) is 30.8 Å². The molecule has 2 N–H and O–H groups in total. The van der Waals surface area contributed by atoms with Crippen molar-refractivity contribution in [1.82, 2.24) is 0 Å². The van der Waals surface area contributed by atoms with Gasteiger partial charge in [-0.1, -0.05) is 49.2 Å². The van der Waals surface area contributed by atoms with Crippen molar-refractivity contribution in [2.45, 2.75) is 37.6 Å². The molecule has 1 nitrogen and oxygen atoms in total. The molecule has 1 aromatic rings. The minimum atomic E-state index is -0.195. The van der Waals surface area contributed by atoms with Crippen molar-refractivity contribution in [2.24, 2.45) is 11.7 Å². The molecule has 0 aliphatic heterocycles. The Morgan fingerprint density at radius 3 is 2.44 bits per heavy atom.